The van der Waals surface area contributed by atoms with E-state index >= 15 is 0 Å². The van der Waals surface area contributed by atoms with E-state index in [2.05, 4.69) is 31.5 Å². The maximum absolute atomic E-state index is 13.2. The summed E-state index contributed by atoms with van der Waals surface area (Å²) in [5.41, 5.74) is 6.15. The third-order valence-electron chi connectivity index (χ3n) is 5.02. The first-order chi connectivity index (χ1) is 11.4. The summed E-state index contributed by atoms with van der Waals surface area (Å²) in [6, 6.07) is 6.66. The first-order valence-corrected chi connectivity index (χ1v) is 8.70. The lowest BCUT2D eigenvalue weighted by Gasteiger charge is -2.35. The van der Waals surface area contributed by atoms with E-state index in [0.29, 0.717) is 5.92 Å². The summed E-state index contributed by atoms with van der Waals surface area (Å²) < 4.78 is 13.2. The Balaban J connectivity index is 1.86. The molecule has 4 nitrogen and oxygen atoms in total. The van der Waals surface area contributed by atoms with Gasteiger partial charge in [-0.05, 0) is 50.3 Å². The molecule has 0 saturated carbocycles. The minimum absolute atomic E-state index is 0.0633. The van der Waals surface area contributed by atoms with Gasteiger partial charge in [-0.3, -0.25) is 9.80 Å². The van der Waals surface area contributed by atoms with Crippen LogP contribution in [0.4, 0.5) is 4.39 Å². The zero-order valence-electron chi connectivity index (χ0n) is 14.8. The van der Waals surface area contributed by atoms with Gasteiger partial charge in [-0.15, -0.1) is 0 Å². The van der Waals surface area contributed by atoms with Crippen LogP contribution in [0, 0.1) is 11.7 Å². The Hall–Kier alpha value is -1.88. The van der Waals surface area contributed by atoms with Gasteiger partial charge in [0.15, 0.2) is 0 Å². The Morgan fingerprint density at radius 1 is 1.25 bits per heavy atom. The topological polar surface area (TPSA) is 44.4 Å². The van der Waals surface area contributed by atoms with Gasteiger partial charge >= 0.3 is 0 Å². The highest BCUT2D eigenvalue weighted by Gasteiger charge is 2.46. The Labute approximate surface area is 143 Å². The molecular formula is C19H26FN3O. The van der Waals surface area contributed by atoms with Crippen molar-refractivity contribution in [3.63, 3.8) is 0 Å². The van der Waals surface area contributed by atoms with Crippen LogP contribution < -0.4 is 10.7 Å². The van der Waals surface area contributed by atoms with Crippen LogP contribution in [-0.4, -0.2) is 23.1 Å². The molecule has 3 unspecified atom stereocenters. The third-order valence-corrected chi connectivity index (χ3v) is 5.02. The van der Waals surface area contributed by atoms with Crippen LogP contribution in [0.2, 0.25) is 0 Å². The minimum atomic E-state index is -0.242. The molecule has 5 heteroatoms. The number of rotatable bonds is 4. The Kier molecular flexibility index (Phi) is 4.63. The maximum atomic E-state index is 13.2. The lowest BCUT2D eigenvalue weighted by atomic mass is 9.89. The van der Waals surface area contributed by atoms with Gasteiger partial charge in [0, 0.05) is 23.2 Å². The zero-order chi connectivity index (χ0) is 17.4. The van der Waals surface area contributed by atoms with E-state index in [0.717, 1.165) is 29.7 Å². The number of carbonyl (C=O) groups is 1. The van der Waals surface area contributed by atoms with E-state index in [4.69, 9.17) is 0 Å². The second-order valence-corrected chi connectivity index (χ2v) is 7.30. The summed E-state index contributed by atoms with van der Waals surface area (Å²) in [4.78, 5) is 12.9. The van der Waals surface area contributed by atoms with Gasteiger partial charge in [0.05, 0.1) is 0 Å². The van der Waals surface area contributed by atoms with Crippen LogP contribution in [0.1, 0.15) is 52.0 Å². The first kappa shape index (κ1) is 17.0. The van der Waals surface area contributed by atoms with Crippen molar-refractivity contribution >= 4 is 5.91 Å². The summed E-state index contributed by atoms with van der Waals surface area (Å²) in [5.74, 6) is 0.465. The van der Waals surface area contributed by atoms with Crippen molar-refractivity contribution in [3.8, 4) is 0 Å². The molecular weight excluding hydrogens is 305 g/mol. The smallest absolute Gasteiger partial charge is 0.267 e. The molecule has 0 spiro atoms. The molecule has 0 aliphatic carbocycles. The van der Waals surface area contributed by atoms with E-state index in [1.54, 1.807) is 17.1 Å². The summed E-state index contributed by atoms with van der Waals surface area (Å²) in [7, 11) is 0. The number of nitrogens with one attached hydrogen (secondary N) is 2. The molecule has 0 aromatic heterocycles. The Morgan fingerprint density at radius 2 is 1.92 bits per heavy atom. The number of nitrogens with zero attached hydrogens (tertiary/aromatic N) is 1. The fourth-order valence-corrected chi connectivity index (χ4v) is 3.65. The van der Waals surface area contributed by atoms with Gasteiger partial charge in [0.25, 0.3) is 5.91 Å². The summed E-state index contributed by atoms with van der Waals surface area (Å²) >= 11 is 0. The number of hydrogen-bond donors (Lipinski definition) is 2. The van der Waals surface area contributed by atoms with Crippen molar-refractivity contribution in [3.05, 3.63) is 46.9 Å². The third kappa shape index (κ3) is 3.05. The highest BCUT2D eigenvalue weighted by Crippen LogP contribution is 2.35. The van der Waals surface area contributed by atoms with E-state index < -0.39 is 0 Å². The number of hydrogen-bond acceptors (Lipinski definition) is 3. The van der Waals surface area contributed by atoms with Crippen molar-refractivity contribution in [1.82, 2.24) is 15.8 Å². The lowest BCUT2D eigenvalue weighted by molar-refractivity contribution is -0.133. The SMILES string of the molecule is CC1=C(CCC(C)C)C(=O)N2NC(C)C(c3ccc(F)cc3)C2N1. The molecule has 1 amide bonds. The molecule has 0 radical (unpaired) electrons. The zero-order valence-corrected chi connectivity index (χ0v) is 14.8. The van der Waals surface area contributed by atoms with Crippen LogP contribution in [-0.2, 0) is 4.79 Å². The van der Waals surface area contributed by atoms with E-state index in [1.807, 2.05) is 6.92 Å². The van der Waals surface area contributed by atoms with Crippen molar-refractivity contribution in [1.29, 1.82) is 0 Å². The van der Waals surface area contributed by atoms with Crippen molar-refractivity contribution < 1.29 is 9.18 Å². The number of amides is 1. The van der Waals surface area contributed by atoms with Crippen LogP contribution in [0.3, 0.4) is 0 Å². The van der Waals surface area contributed by atoms with Gasteiger partial charge < -0.3 is 5.32 Å². The summed E-state index contributed by atoms with van der Waals surface area (Å²) in [6.45, 7) is 8.38. The number of halogens is 1. The van der Waals surface area contributed by atoms with E-state index in [9.17, 15) is 9.18 Å². The molecule has 2 N–H and O–H groups in total. The maximum Gasteiger partial charge on any atom is 0.267 e. The second kappa shape index (κ2) is 6.55. The van der Waals surface area contributed by atoms with Gasteiger partial charge in [-0.25, -0.2) is 9.82 Å². The van der Waals surface area contributed by atoms with Crippen LogP contribution in [0.25, 0.3) is 0 Å². The normalized spacial score (nSPS) is 26.8. The molecule has 130 valence electrons. The van der Waals surface area contributed by atoms with Gasteiger partial charge in [-0.2, -0.15) is 0 Å². The predicted octanol–water partition coefficient (Wildman–Crippen LogP) is 3.28. The highest BCUT2D eigenvalue weighted by atomic mass is 19.1. The molecule has 24 heavy (non-hydrogen) atoms. The Morgan fingerprint density at radius 3 is 2.54 bits per heavy atom. The van der Waals surface area contributed by atoms with E-state index in [1.165, 1.54) is 12.1 Å². The standard InChI is InChI=1S/C19H26FN3O/c1-11(2)5-10-16-12(3)21-18-17(13(4)22-23(18)19(16)24)14-6-8-15(20)9-7-14/h6-9,11,13,17-18,21-22H,5,10H2,1-4H3. The fourth-order valence-electron chi connectivity index (χ4n) is 3.65. The number of hydrazine groups is 1. The Bertz CT molecular complexity index is 653. The van der Waals surface area contributed by atoms with Crippen LogP contribution >= 0.6 is 0 Å². The quantitative estimate of drug-likeness (QED) is 0.890. The van der Waals surface area contributed by atoms with Crippen molar-refractivity contribution in [2.45, 2.75) is 58.7 Å². The molecule has 2 aliphatic heterocycles. The number of fused-ring (bicyclic) bond motifs is 1. The first-order valence-electron chi connectivity index (χ1n) is 8.70. The van der Waals surface area contributed by atoms with Crippen molar-refractivity contribution in [2.24, 2.45) is 5.92 Å². The second-order valence-electron chi connectivity index (χ2n) is 7.30. The fraction of sp³-hybridized carbons (Fsp3) is 0.526. The number of allylic oxidation sites excluding steroid dienone is 1. The van der Waals surface area contributed by atoms with Gasteiger partial charge in [-0.1, -0.05) is 26.0 Å². The summed E-state index contributed by atoms with van der Waals surface area (Å²) in [6.07, 6.45) is 1.64. The predicted molar refractivity (Wildman–Crippen MR) is 92.3 cm³/mol. The number of carbonyl (C=O) groups excluding carboxylic acids is 1. The minimum Gasteiger partial charge on any atom is -0.367 e. The average Bonchev–Trinajstić information content (AvgIpc) is 2.84. The highest BCUT2D eigenvalue weighted by molar-refractivity contribution is 5.95. The molecule has 2 aliphatic rings. The number of benzene rings is 1. The molecule has 1 fully saturated rings. The molecule has 3 atom stereocenters. The van der Waals surface area contributed by atoms with Crippen LogP contribution in [0.5, 0.6) is 0 Å². The molecule has 2 heterocycles. The van der Waals surface area contributed by atoms with Crippen LogP contribution in [0.15, 0.2) is 35.5 Å². The molecule has 1 aromatic rings. The van der Waals surface area contributed by atoms with Gasteiger partial charge in [0.2, 0.25) is 0 Å². The van der Waals surface area contributed by atoms with E-state index in [-0.39, 0.29) is 29.8 Å². The van der Waals surface area contributed by atoms with Crippen molar-refractivity contribution in [2.75, 3.05) is 0 Å². The molecule has 1 aromatic carbocycles. The molecule has 3 rings (SSSR count). The molecule has 1 saturated heterocycles. The summed E-state index contributed by atoms with van der Waals surface area (Å²) in [5, 5.41) is 5.23. The monoisotopic (exact) mass is 331 g/mol. The molecule has 0 bridgehead atoms. The largest absolute Gasteiger partial charge is 0.367 e. The average molecular weight is 331 g/mol. The lowest BCUT2D eigenvalue weighted by Crippen LogP contribution is -2.54. The van der Waals surface area contributed by atoms with Gasteiger partial charge in [0.1, 0.15) is 12.0 Å².